The van der Waals surface area contributed by atoms with Gasteiger partial charge in [0.1, 0.15) is 5.69 Å². The minimum absolute atomic E-state index is 0.149. The fourth-order valence-electron chi connectivity index (χ4n) is 5.53. The van der Waals surface area contributed by atoms with Crippen molar-refractivity contribution in [1.82, 2.24) is 14.8 Å². The maximum absolute atomic E-state index is 13.4. The summed E-state index contributed by atoms with van der Waals surface area (Å²) in [5, 5.41) is 3.06. The monoisotopic (exact) mass is 381 g/mol. The molecule has 0 radical (unpaired) electrons. The fraction of sp³-hybridized carbons (Fsp3) is 0.545. The van der Waals surface area contributed by atoms with Gasteiger partial charge in [0.05, 0.1) is 11.0 Å². The second-order valence-electron chi connectivity index (χ2n) is 8.21. The lowest BCUT2D eigenvalue weighted by atomic mass is 9.75. The normalized spacial score (nSPS) is 31.9. The van der Waals surface area contributed by atoms with Crippen molar-refractivity contribution in [2.24, 2.45) is 5.92 Å². The predicted octanol–water partition coefficient (Wildman–Crippen LogP) is 3.80. The second-order valence-corrected chi connectivity index (χ2v) is 9.15. The van der Waals surface area contributed by atoms with Crippen molar-refractivity contribution in [3.8, 4) is 0 Å². The summed E-state index contributed by atoms with van der Waals surface area (Å²) in [5.41, 5.74) is 2.03. The summed E-state index contributed by atoms with van der Waals surface area (Å²) in [7, 11) is 0. The van der Waals surface area contributed by atoms with Crippen molar-refractivity contribution in [2.45, 2.75) is 50.6 Å². The molecule has 2 aromatic rings. The number of likely N-dealkylation sites (tertiary alicyclic amines) is 1. The topological polar surface area (TPSA) is 36.4 Å². The Bertz CT molecular complexity index is 812. The van der Waals surface area contributed by atoms with Crippen LogP contribution in [-0.4, -0.2) is 52.4 Å². The van der Waals surface area contributed by atoms with Crippen molar-refractivity contribution in [2.75, 3.05) is 19.6 Å². The molecule has 5 heteroatoms. The van der Waals surface area contributed by atoms with Gasteiger partial charge in [-0.25, -0.2) is 4.98 Å². The second kappa shape index (κ2) is 7.02. The van der Waals surface area contributed by atoms with Crippen molar-refractivity contribution in [3.05, 3.63) is 52.0 Å². The van der Waals surface area contributed by atoms with Gasteiger partial charge in [0.25, 0.3) is 5.91 Å². The van der Waals surface area contributed by atoms with Gasteiger partial charge in [0.2, 0.25) is 0 Å². The molecule has 4 fully saturated rings. The van der Waals surface area contributed by atoms with Crippen LogP contribution in [0, 0.1) is 5.92 Å². The zero-order valence-corrected chi connectivity index (χ0v) is 16.7. The van der Waals surface area contributed by atoms with Crippen LogP contribution < -0.4 is 0 Å². The molecule has 1 aromatic heterocycles. The molecule has 0 aliphatic carbocycles. The number of amides is 1. The maximum Gasteiger partial charge on any atom is 0.273 e. The van der Waals surface area contributed by atoms with E-state index in [2.05, 4.69) is 52.0 Å². The molecule has 0 spiro atoms. The number of fused-ring (bicyclic) bond motifs is 2. The lowest BCUT2D eigenvalue weighted by Gasteiger charge is -2.51. The van der Waals surface area contributed by atoms with Crippen LogP contribution in [-0.2, 0) is 6.42 Å². The van der Waals surface area contributed by atoms with Crippen LogP contribution in [0.25, 0.3) is 0 Å². The minimum Gasteiger partial charge on any atom is -0.332 e. The largest absolute Gasteiger partial charge is 0.332 e. The van der Waals surface area contributed by atoms with Crippen molar-refractivity contribution in [3.63, 3.8) is 0 Å². The molecule has 3 atom stereocenters. The number of hydrogen-bond acceptors (Lipinski definition) is 4. The van der Waals surface area contributed by atoms with Crippen molar-refractivity contribution >= 4 is 17.2 Å². The Morgan fingerprint density at radius 3 is 2.70 bits per heavy atom. The maximum atomic E-state index is 13.4. The molecule has 0 unspecified atom stereocenters. The molecule has 4 aliphatic heterocycles. The van der Waals surface area contributed by atoms with Gasteiger partial charge < -0.3 is 4.90 Å². The van der Waals surface area contributed by atoms with E-state index in [-0.39, 0.29) is 5.91 Å². The minimum atomic E-state index is 0.149. The van der Waals surface area contributed by atoms with Gasteiger partial charge in [-0.15, -0.1) is 11.3 Å². The van der Waals surface area contributed by atoms with Crippen LogP contribution in [0.2, 0.25) is 0 Å². The molecule has 0 N–H and O–H groups in total. The fourth-order valence-corrected chi connectivity index (χ4v) is 6.41. The first-order chi connectivity index (χ1) is 13.3. The Kier molecular flexibility index (Phi) is 4.52. The summed E-state index contributed by atoms with van der Waals surface area (Å²) >= 11 is 1.63. The number of hydrogen-bond donors (Lipinski definition) is 0. The number of carbonyl (C=O) groups excluding carboxylic acids is 1. The summed E-state index contributed by atoms with van der Waals surface area (Å²) in [5.74, 6) is 1.21. The van der Waals surface area contributed by atoms with Crippen LogP contribution >= 0.6 is 11.3 Å². The number of carbonyl (C=O) groups is 1. The van der Waals surface area contributed by atoms with Gasteiger partial charge in [-0.2, -0.15) is 0 Å². The molecule has 142 valence electrons. The molecule has 1 amide bonds. The Labute approximate surface area is 165 Å². The molecular formula is C22H27N3OS. The highest BCUT2D eigenvalue weighted by Crippen LogP contribution is 2.46. The average molecular weight is 382 g/mol. The van der Waals surface area contributed by atoms with E-state index in [0.717, 1.165) is 24.4 Å². The SMILES string of the molecule is CCCc1nc(C(=O)N2C[C@H](c3ccccc3)[C@@H]3[C@H]2C2CCN3CC2)cs1. The molecule has 5 heterocycles. The van der Waals surface area contributed by atoms with E-state index < -0.39 is 0 Å². The van der Waals surface area contributed by atoms with Gasteiger partial charge in [0.15, 0.2) is 0 Å². The molecule has 6 rings (SSSR count). The highest BCUT2D eigenvalue weighted by molar-refractivity contribution is 7.09. The van der Waals surface area contributed by atoms with Crippen LogP contribution in [0.1, 0.15) is 53.2 Å². The first kappa shape index (κ1) is 17.4. The Hall–Kier alpha value is -1.72. The standard InChI is InChI=1S/C22H27N3OS/c1-2-6-19-23-18(14-27-19)22(26)25-13-17(15-7-4-3-5-8-15)21-20(25)16-9-11-24(21)12-10-16/h3-5,7-8,14,16-17,20-21H,2,6,9-13H2,1H3/t17-,20-,21-/m1/s1. The van der Waals surface area contributed by atoms with Crippen LogP contribution in [0.3, 0.4) is 0 Å². The summed E-state index contributed by atoms with van der Waals surface area (Å²) < 4.78 is 0. The molecule has 4 nitrogen and oxygen atoms in total. The van der Waals surface area contributed by atoms with E-state index in [4.69, 9.17) is 0 Å². The molecule has 4 saturated heterocycles. The molecular weight excluding hydrogens is 354 g/mol. The molecule has 1 aromatic carbocycles. The summed E-state index contributed by atoms with van der Waals surface area (Å²) in [6, 6.07) is 11.6. The summed E-state index contributed by atoms with van der Waals surface area (Å²) in [4.78, 5) is 22.9. The van der Waals surface area contributed by atoms with E-state index in [9.17, 15) is 4.79 Å². The van der Waals surface area contributed by atoms with Crippen LogP contribution in [0.15, 0.2) is 35.7 Å². The number of rotatable bonds is 4. The van der Waals surface area contributed by atoms with E-state index >= 15 is 0 Å². The third-order valence-corrected chi connectivity index (χ3v) is 7.63. The van der Waals surface area contributed by atoms with E-state index in [1.807, 2.05) is 5.38 Å². The third-order valence-electron chi connectivity index (χ3n) is 6.72. The average Bonchev–Trinajstić information content (AvgIpc) is 3.36. The van der Waals surface area contributed by atoms with Crippen molar-refractivity contribution < 1.29 is 4.79 Å². The Morgan fingerprint density at radius 2 is 1.96 bits per heavy atom. The third kappa shape index (κ3) is 2.92. The number of nitrogens with zero attached hydrogens (tertiary/aromatic N) is 3. The first-order valence-electron chi connectivity index (χ1n) is 10.3. The van der Waals surface area contributed by atoms with Crippen molar-refractivity contribution in [1.29, 1.82) is 0 Å². The number of piperidine rings is 3. The number of aromatic nitrogens is 1. The molecule has 2 bridgehead atoms. The van der Waals surface area contributed by atoms with E-state index in [1.165, 1.54) is 31.5 Å². The highest BCUT2D eigenvalue weighted by Gasteiger charge is 2.54. The molecule has 4 aliphatic rings. The number of thiazole rings is 1. The number of aryl methyl sites for hydroxylation is 1. The number of benzene rings is 1. The summed E-state index contributed by atoms with van der Waals surface area (Å²) in [6.45, 7) is 5.36. The zero-order chi connectivity index (χ0) is 18.4. The lowest BCUT2D eigenvalue weighted by molar-refractivity contribution is -0.00356. The van der Waals surface area contributed by atoms with Gasteiger partial charge >= 0.3 is 0 Å². The van der Waals surface area contributed by atoms with E-state index in [1.54, 1.807) is 11.3 Å². The quantitative estimate of drug-likeness (QED) is 0.808. The van der Waals surface area contributed by atoms with Gasteiger partial charge in [-0.3, -0.25) is 9.69 Å². The predicted molar refractivity (Wildman–Crippen MR) is 108 cm³/mol. The lowest BCUT2D eigenvalue weighted by Crippen LogP contribution is -2.60. The molecule has 0 saturated carbocycles. The van der Waals surface area contributed by atoms with Gasteiger partial charge in [-0.1, -0.05) is 37.3 Å². The van der Waals surface area contributed by atoms with Gasteiger partial charge in [-0.05, 0) is 50.3 Å². The zero-order valence-electron chi connectivity index (χ0n) is 15.9. The first-order valence-corrected chi connectivity index (χ1v) is 11.2. The van der Waals surface area contributed by atoms with Gasteiger partial charge in [0, 0.05) is 23.9 Å². The van der Waals surface area contributed by atoms with Crippen LogP contribution in [0.5, 0.6) is 0 Å². The Balaban J connectivity index is 1.47. The van der Waals surface area contributed by atoms with E-state index in [0.29, 0.717) is 29.6 Å². The highest BCUT2D eigenvalue weighted by atomic mass is 32.1. The smallest absolute Gasteiger partial charge is 0.273 e. The molecule has 27 heavy (non-hydrogen) atoms. The Morgan fingerprint density at radius 1 is 1.19 bits per heavy atom. The van der Waals surface area contributed by atoms with Crippen LogP contribution in [0.4, 0.5) is 0 Å². The summed E-state index contributed by atoms with van der Waals surface area (Å²) in [6.07, 6.45) is 4.49.